The molecule has 3 aromatic rings. The Kier molecular flexibility index (Phi) is 3.12. The smallest absolute Gasteiger partial charge is 0.160 e. The Bertz CT molecular complexity index is 932. The first-order chi connectivity index (χ1) is 11.1. The lowest BCUT2D eigenvalue weighted by atomic mass is 10.0. The predicted molar refractivity (Wildman–Crippen MR) is 89.6 cm³/mol. The SMILES string of the molecule is Cc1ncc(C2=NCc3nnc(C)n3-c3sc(C)c(C)c32)cn1. The van der Waals surface area contributed by atoms with Gasteiger partial charge < -0.3 is 0 Å². The standard InChI is InChI=1S/C16H16N6S/c1-8-9(2)23-16-14(8)15(12-5-17-10(3)18-6-12)19-7-13-21-20-11(4)22(13)16/h5-6H,7H2,1-4H3. The van der Waals surface area contributed by atoms with Crippen LogP contribution in [0.5, 0.6) is 0 Å². The van der Waals surface area contributed by atoms with Gasteiger partial charge in [0.15, 0.2) is 5.82 Å². The lowest BCUT2D eigenvalue weighted by Crippen LogP contribution is -2.08. The van der Waals surface area contributed by atoms with E-state index < -0.39 is 0 Å². The normalized spacial score (nSPS) is 13.3. The van der Waals surface area contributed by atoms with E-state index in [-0.39, 0.29) is 0 Å². The molecule has 4 rings (SSSR count). The Hall–Kier alpha value is -2.41. The summed E-state index contributed by atoms with van der Waals surface area (Å²) in [6.45, 7) is 8.64. The maximum atomic E-state index is 4.81. The summed E-state index contributed by atoms with van der Waals surface area (Å²) in [7, 11) is 0. The number of thiophene rings is 1. The van der Waals surface area contributed by atoms with Crippen molar-refractivity contribution in [1.29, 1.82) is 0 Å². The molecule has 0 aromatic carbocycles. The van der Waals surface area contributed by atoms with Gasteiger partial charge in [-0.1, -0.05) is 0 Å². The first-order valence-corrected chi connectivity index (χ1v) is 8.23. The summed E-state index contributed by atoms with van der Waals surface area (Å²) >= 11 is 1.75. The molecule has 116 valence electrons. The average Bonchev–Trinajstić information content (AvgIpc) is 2.97. The van der Waals surface area contributed by atoms with E-state index in [1.54, 1.807) is 11.3 Å². The van der Waals surface area contributed by atoms with Gasteiger partial charge in [-0.15, -0.1) is 21.5 Å². The summed E-state index contributed by atoms with van der Waals surface area (Å²) < 4.78 is 2.12. The fourth-order valence-corrected chi connectivity index (χ4v) is 4.02. The van der Waals surface area contributed by atoms with E-state index >= 15 is 0 Å². The van der Waals surface area contributed by atoms with E-state index in [1.165, 1.54) is 10.4 Å². The number of aryl methyl sites for hydroxylation is 3. The molecular formula is C16H16N6S. The molecule has 1 aliphatic heterocycles. The molecule has 0 fully saturated rings. The number of hydrogen-bond acceptors (Lipinski definition) is 6. The van der Waals surface area contributed by atoms with Gasteiger partial charge >= 0.3 is 0 Å². The van der Waals surface area contributed by atoms with E-state index in [4.69, 9.17) is 4.99 Å². The molecule has 3 aromatic heterocycles. The molecule has 4 heterocycles. The third-order valence-electron chi connectivity index (χ3n) is 4.13. The summed E-state index contributed by atoms with van der Waals surface area (Å²) in [5.41, 5.74) is 4.26. The third kappa shape index (κ3) is 2.11. The molecule has 0 radical (unpaired) electrons. The van der Waals surface area contributed by atoms with Crippen LogP contribution in [0, 0.1) is 27.7 Å². The van der Waals surface area contributed by atoms with Crippen molar-refractivity contribution in [2.75, 3.05) is 0 Å². The molecule has 0 amide bonds. The molecule has 0 N–H and O–H groups in total. The van der Waals surface area contributed by atoms with Gasteiger partial charge in [-0.05, 0) is 33.3 Å². The van der Waals surface area contributed by atoms with Gasteiger partial charge in [-0.25, -0.2) is 9.97 Å². The summed E-state index contributed by atoms with van der Waals surface area (Å²) in [5.74, 6) is 2.52. The largest absolute Gasteiger partial charge is 0.276 e. The average molecular weight is 324 g/mol. The molecule has 0 spiro atoms. The van der Waals surface area contributed by atoms with Crippen molar-refractivity contribution in [1.82, 2.24) is 24.7 Å². The molecule has 7 heteroatoms. The molecule has 0 saturated heterocycles. The van der Waals surface area contributed by atoms with Crippen LogP contribution in [-0.4, -0.2) is 30.4 Å². The Labute approximate surface area is 138 Å². The van der Waals surface area contributed by atoms with E-state index in [0.29, 0.717) is 6.54 Å². The molecule has 0 saturated carbocycles. The Balaban J connectivity index is 2.00. The minimum atomic E-state index is 0.504. The van der Waals surface area contributed by atoms with Crippen LogP contribution in [0.3, 0.4) is 0 Å². The van der Waals surface area contributed by atoms with Crippen LogP contribution in [0.4, 0.5) is 0 Å². The van der Waals surface area contributed by atoms with Gasteiger partial charge in [0.25, 0.3) is 0 Å². The Morgan fingerprint density at radius 1 is 1.04 bits per heavy atom. The maximum absolute atomic E-state index is 4.81. The van der Waals surface area contributed by atoms with Crippen LogP contribution in [0.15, 0.2) is 17.4 Å². The van der Waals surface area contributed by atoms with Crippen LogP contribution in [-0.2, 0) is 6.54 Å². The number of aliphatic imine (C=N–C) groups is 1. The highest BCUT2D eigenvalue weighted by Gasteiger charge is 2.26. The van der Waals surface area contributed by atoms with Crippen molar-refractivity contribution in [2.45, 2.75) is 34.2 Å². The van der Waals surface area contributed by atoms with Crippen molar-refractivity contribution >= 4 is 17.0 Å². The van der Waals surface area contributed by atoms with Crippen LogP contribution in [0.25, 0.3) is 5.00 Å². The highest BCUT2D eigenvalue weighted by atomic mass is 32.1. The van der Waals surface area contributed by atoms with Gasteiger partial charge in [-0.2, -0.15) is 0 Å². The van der Waals surface area contributed by atoms with Gasteiger partial charge in [-0.3, -0.25) is 9.56 Å². The molecule has 0 atom stereocenters. The second-order valence-corrected chi connectivity index (χ2v) is 6.85. The van der Waals surface area contributed by atoms with Crippen molar-refractivity contribution in [2.24, 2.45) is 4.99 Å². The summed E-state index contributed by atoms with van der Waals surface area (Å²) in [6, 6.07) is 0. The summed E-state index contributed by atoms with van der Waals surface area (Å²) in [6.07, 6.45) is 3.69. The van der Waals surface area contributed by atoms with E-state index in [0.717, 1.165) is 39.3 Å². The zero-order valence-corrected chi connectivity index (χ0v) is 14.3. The van der Waals surface area contributed by atoms with Crippen LogP contribution in [0.2, 0.25) is 0 Å². The Morgan fingerprint density at radius 3 is 2.52 bits per heavy atom. The van der Waals surface area contributed by atoms with E-state index in [1.807, 2.05) is 26.2 Å². The molecule has 6 nitrogen and oxygen atoms in total. The quantitative estimate of drug-likeness (QED) is 0.690. The second kappa shape index (κ2) is 5.06. The fraction of sp³-hybridized carbons (Fsp3) is 0.312. The minimum Gasteiger partial charge on any atom is -0.276 e. The van der Waals surface area contributed by atoms with Crippen LogP contribution < -0.4 is 0 Å². The lowest BCUT2D eigenvalue weighted by Gasteiger charge is -2.08. The summed E-state index contributed by atoms with van der Waals surface area (Å²) in [4.78, 5) is 14.7. The van der Waals surface area contributed by atoms with Gasteiger partial charge in [0.05, 0.1) is 5.71 Å². The zero-order valence-electron chi connectivity index (χ0n) is 13.5. The van der Waals surface area contributed by atoms with Crippen LogP contribution in [0.1, 0.15) is 39.0 Å². The minimum absolute atomic E-state index is 0.504. The highest BCUT2D eigenvalue weighted by Crippen LogP contribution is 2.35. The zero-order chi connectivity index (χ0) is 16.1. The number of nitrogens with zero attached hydrogens (tertiary/aromatic N) is 6. The van der Waals surface area contributed by atoms with Gasteiger partial charge in [0, 0.05) is 28.4 Å². The Morgan fingerprint density at radius 2 is 1.78 bits per heavy atom. The fourth-order valence-electron chi connectivity index (χ4n) is 2.80. The molecule has 0 bridgehead atoms. The second-order valence-electron chi connectivity index (χ2n) is 5.65. The van der Waals surface area contributed by atoms with Gasteiger partial charge in [0.1, 0.15) is 23.2 Å². The first kappa shape index (κ1) is 14.2. The van der Waals surface area contributed by atoms with E-state index in [2.05, 4.69) is 38.6 Å². The van der Waals surface area contributed by atoms with Gasteiger partial charge in [0.2, 0.25) is 0 Å². The maximum Gasteiger partial charge on any atom is 0.160 e. The topological polar surface area (TPSA) is 68.8 Å². The summed E-state index contributed by atoms with van der Waals surface area (Å²) in [5, 5.41) is 9.62. The molecule has 0 aliphatic carbocycles. The molecule has 0 unspecified atom stereocenters. The molecule has 1 aliphatic rings. The van der Waals surface area contributed by atoms with Crippen molar-refractivity contribution in [3.05, 3.63) is 51.4 Å². The predicted octanol–water partition coefficient (Wildman–Crippen LogP) is 2.70. The number of aromatic nitrogens is 5. The highest BCUT2D eigenvalue weighted by molar-refractivity contribution is 7.15. The molecular weight excluding hydrogens is 308 g/mol. The van der Waals surface area contributed by atoms with E-state index in [9.17, 15) is 0 Å². The lowest BCUT2D eigenvalue weighted by molar-refractivity contribution is 0.869. The first-order valence-electron chi connectivity index (χ1n) is 7.41. The van der Waals surface area contributed by atoms with Crippen molar-refractivity contribution in [3.8, 4) is 5.00 Å². The van der Waals surface area contributed by atoms with Crippen molar-refractivity contribution < 1.29 is 0 Å². The monoisotopic (exact) mass is 324 g/mol. The number of fused-ring (bicyclic) bond motifs is 3. The van der Waals surface area contributed by atoms with Crippen molar-refractivity contribution in [3.63, 3.8) is 0 Å². The van der Waals surface area contributed by atoms with Crippen LogP contribution >= 0.6 is 11.3 Å². The third-order valence-corrected chi connectivity index (χ3v) is 5.32. The number of hydrogen-bond donors (Lipinski definition) is 0. The molecule has 23 heavy (non-hydrogen) atoms. The number of rotatable bonds is 1.